The molecule has 1 aromatic carbocycles. The minimum absolute atomic E-state index is 0.0224. The van der Waals surface area contributed by atoms with Crippen LogP contribution in [0.2, 0.25) is 0 Å². The van der Waals surface area contributed by atoms with E-state index < -0.39 is 0 Å². The molecule has 0 aliphatic carbocycles. The average Bonchev–Trinajstić information content (AvgIpc) is 2.64. The fourth-order valence-corrected chi connectivity index (χ4v) is 2.74. The van der Waals surface area contributed by atoms with Gasteiger partial charge in [0.05, 0.1) is 12.6 Å². The van der Waals surface area contributed by atoms with Gasteiger partial charge in [0.15, 0.2) is 0 Å². The van der Waals surface area contributed by atoms with Crippen LogP contribution >= 0.6 is 0 Å². The molecule has 1 unspecified atom stereocenters. The lowest BCUT2D eigenvalue weighted by molar-refractivity contribution is 0.281. The van der Waals surface area contributed by atoms with Gasteiger partial charge in [0.1, 0.15) is 5.82 Å². The quantitative estimate of drug-likeness (QED) is 0.915. The zero-order chi connectivity index (χ0) is 15.8. The van der Waals surface area contributed by atoms with E-state index in [1.807, 2.05) is 32.0 Å². The van der Waals surface area contributed by atoms with Crippen LogP contribution in [0.5, 0.6) is 0 Å². The second-order valence-electron chi connectivity index (χ2n) is 4.97. The zero-order valence-corrected chi connectivity index (χ0v) is 13.4. The predicted octanol–water partition coefficient (Wildman–Crippen LogP) is 2.75. The Balaban J connectivity index is 0.000000847. The summed E-state index contributed by atoms with van der Waals surface area (Å²) in [5.41, 5.74) is 2.16. The van der Waals surface area contributed by atoms with E-state index in [0.29, 0.717) is 0 Å². The van der Waals surface area contributed by atoms with Crippen LogP contribution in [0.1, 0.15) is 31.0 Å². The number of aromatic nitrogens is 1. The fraction of sp³-hybridized carbons (Fsp3) is 0.389. The van der Waals surface area contributed by atoms with Gasteiger partial charge in [-0.3, -0.25) is 0 Å². The van der Waals surface area contributed by atoms with Gasteiger partial charge in [-0.05, 0) is 11.6 Å². The van der Waals surface area contributed by atoms with Crippen LogP contribution < -0.4 is 10.2 Å². The third kappa shape index (κ3) is 3.64. The number of aliphatic hydroxyl groups excluding tert-OH is 1. The van der Waals surface area contributed by atoms with Gasteiger partial charge in [-0.2, -0.15) is 0 Å². The number of anilines is 1. The number of hydrogen-bond donors (Lipinski definition) is 2. The maximum absolute atomic E-state index is 9.52. The summed E-state index contributed by atoms with van der Waals surface area (Å²) < 4.78 is 0. The predicted molar refractivity (Wildman–Crippen MR) is 90.9 cm³/mol. The van der Waals surface area contributed by atoms with Gasteiger partial charge in [0.2, 0.25) is 0 Å². The number of rotatable bonds is 3. The van der Waals surface area contributed by atoms with Crippen molar-refractivity contribution in [1.29, 1.82) is 0 Å². The van der Waals surface area contributed by atoms with Crippen molar-refractivity contribution in [3.8, 4) is 0 Å². The van der Waals surface area contributed by atoms with Crippen molar-refractivity contribution in [3.05, 3.63) is 59.8 Å². The Morgan fingerprint density at radius 3 is 2.68 bits per heavy atom. The first-order chi connectivity index (χ1) is 10.9. The van der Waals surface area contributed by atoms with Gasteiger partial charge in [0.25, 0.3) is 0 Å². The van der Waals surface area contributed by atoms with Crippen LogP contribution in [0.3, 0.4) is 0 Å². The van der Waals surface area contributed by atoms with Crippen LogP contribution in [0, 0.1) is 0 Å². The molecule has 22 heavy (non-hydrogen) atoms. The number of benzene rings is 1. The summed E-state index contributed by atoms with van der Waals surface area (Å²) in [5.74, 6) is 0.894. The molecule has 1 saturated heterocycles. The molecule has 4 heteroatoms. The molecular formula is C18H25N3O. The van der Waals surface area contributed by atoms with Crippen molar-refractivity contribution in [1.82, 2.24) is 10.3 Å². The lowest BCUT2D eigenvalue weighted by Crippen LogP contribution is -2.46. The first-order valence-corrected chi connectivity index (χ1v) is 7.97. The Bertz CT molecular complexity index is 559. The molecule has 0 radical (unpaired) electrons. The highest BCUT2D eigenvalue weighted by atomic mass is 16.3. The summed E-state index contributed by atoms with van der Waals surface area (Å²) in [6, 6.07) is 14.5. The SMILES string of the molecule is CC.OCc1cccnc1N1CCNCC1c1ccccc1. The van der Waals surface area contributed by atoms with E-state index in [-0.39, 0.29) is 12.6 Å². The van der Waals surface area contributed by atoms with Crippen LogP contribution in [-0.2, 0) is 6.61 Å². The van der Waals surface area contributed by atoms with Gasteiger partial charge in [-0.15, -0.1) is 0 Å². The largest absolute Gasteiger partial charge is 0.392 e. The second-order valence-corrected chi connectivity index (χ2v) is 4.97. The number of nitrogens with zero attached hydrogens (tertiary/aromatic N) is 2. The van der Waals surface area contributed by atoms with Gasteiger partial charge in [0, 0.05) is 31.4 Å². The summed E-state index contributed by atoms with van der Waals surface area (Å²) in [4.78, 5) is 6.78. The van der Waals surface area contributed by atoms with Crippen molar-refractivity contribution in [2.75, 3.05) is 24.5 Å². The standard InChI is InChI=1S/C16H19N3O.C2H6/c20-12-14-7-4-8-18-16(14)19-10-9-17-11-15(19)13-5-2-1-3-6-13;1-2/h1-8,15,17,20H,9-12H2;1-2H3. The molecule has 0 amide bonds. The number of pyridine rings is 1. The molecule has 1 aliphatic heterocycles. The summed E-state index contributed by atoms with van der Waals surface area (Å²) in [6.45, 7) is 6.74. The number of aliphatic hydroxyl groups is 1. The monoisotopic (exact) mass is 299 g/mol. The van der Waals surface area contributed by atoms with Gasteiger partial charge in [-0.1, -0.05) is 50.2 Å². The first kappa shape index (κ1) is 16.5. The number of nitrogens with one attached hydrogen (secondary N) is 1. The van der Waals surface area contributed by atoms with Crippen molar-refractivity contribution < 1.29 is 5.11 Å². The number of hydrogen-bond acceptors (Lipinski definition) is 4. The van der Waals surface area contributed by atoms with E-state index in [0.717, 1.165) is 31.0 Å². The highest BCUT2D eigenvalue weighted by Crippen LogP contribution is 2.29. The molecule has 2 heterocycles. The Morgan fingerprint density at radius 1 is 1.18 bits per heavy atom. The summed E-state index contributed by atoms with van der Waals surface area (Å²) in [6.07, 6.45) is 1.79. The molecule has 0 bridgehead atoms. The molecule has 1 fully saturated rings. The first-order valence-electron chi connectivity index (χ1n) is 7.97. The van der Waals surface area contributed by atoms with Crippen LogP contribution in [-0.4, -0.2) is 29.7 Å². The van der Waals surface area contributed by atoms with Gasteiger partial charge < -0.3 is 15.3 Å². The van der Waals surface area contributed by atoms with Gasteiger partial charge >= 0.3 is 0 Å². The zero-order valence-electron chi connectivity index (χ0n) is 13.4. The average molecular weight is 299 g/mol. The molecule has 4 nitrogen and oxygen atoms in total. The molecule has 1 aliphatic rings. The van der Waals surface area contributed by atoms with E-state index in [9.17, 15) is 5.11 Å². The maximum Gasteiger partial charge on any atom is 0.134 e. The second kappa shape index (κ2) is 8.51. The maximum atomic E-state index is 9.52. The minimum atomic E-state index is 0.0224. The van der Waals surface area contributed by atoms with Crippen molar-refractivity contribution >= 4 is 5.82 Å². The van der Waals surface area contributed by atoms with Crippen LogP contribution in [0.4, 0.5) is 5.82 Å². The Kier molecular flexibility index (Phi) is 6.37. The van der Waals surface area contributed by atoms with Gasteiger partial charge in [-0.25, -0.2) is 4.98 Å². The lowest BCUT2D eigenvalue weighted by atomic mass is 10.0. The van der Waals surface area contributed by atoms with E-state index in [1.54, 1.807) is 6.20 Å². The van der Waals surface area contributed by atoms with Crippen molar-refractivity contribution in [3.63, 3.8) is 0 Å². The highest BCUT2D eigenvalue weighted by Gasteiger charge is 2.26. The summed E-state index contributed by atoms with van der Waals surface area (Å²) in [7, 11) is 0. The van der Waals surface area contributed by atoms with Crippen molar-refractivity contribution in [2.24, 2.45) is 0 Å². The Hall–Kier alpha value is -1.91. The molecule has 1 aromatic heterocycles. The van der Waals surface area contributed by atoms with Crippen molar-refractivity contribution in [2.45, 2.75) is 26.5 Å². The molecule has 118 valence electrons. The highest BCUT2D eigenvalue weighted by molar-refractivity contribution is 5.49. The third-order valence-electron chi connectivity index (χ3n) is 3.74. The molecule has 2 N–H and O–H groups in total. The summed E-state index contributed by atoms with van der Waals surface area (Å²) >= 11 is 0. The molecule has 1 atom stereocenters. The minimum Gasteiger partial charge on any atom is -0.392 e. The Morgan fingerprint density at radius 2 is 1.95 bits per heavy atom. The molecular weight excluding hydrogens is 274 g/mol. The number of piperazine rings is 1. The van der Waals surface area contributed by atoms with Crippen LogP contribution in [0.25, 0.3) is 0 Å². The van der Waals surface area contributed by atoms with E-state index in [4.69, 9.17) is 0 Å². The smallest absolute Gasteiger partial charge is 0.134 e. The molecule has 2 aromatic rings. The van der Waals surface area contributed by atoms with E-state index in [2.05, 4.69) is 39.5 Å². The molecule has 3 rings (SSSR count). The van der Waals surface area contributed by atoms with E-state index in [1.165, 1.54) is 5.56 Å². The van der Waals surface area contributed by atoms with E-state index >= 15 is 0 Å². The third-order valence-corrected chi connectivity index (χ3v) is 3.74. The summed E-state index contributed by atoms with van der Waals surface area (Å²) in [5, 5.41) is 13.0. The normalized spacial score (nSPS) is 17.6. The lowest BCUT2D eigenvalue weighted by Gasteiger charge is -2.38. The van der Waals surface area contributed by atoms with Crippen LogP contribution in [0.15, 0.2) is 48.7 Å². The molecule has 0 spiro atoms. The Labute approximate surface area is 132 Å². The fourth-order valence-electron chi connectivity index (χ4n) is 2.74. The molecule has 0 saturated carbocycles. The topological polar surface area (TPSA) is 48.4 Å².